The number of anilines is 1. The van der Waals surface area contributed by atoms with Crippen molar-refractivity contribution in [1.82, 2.24) is 0 Å². The first-order valence-corrected chi connectivity index (χ1v) is 9.81. The summed E-state index contributed by atoms with van der Waals surface area (Å²) in [5.74, 6) is 0.656. The van der Waals surface area contributed by atoms with Crippen LogP contribution in [0.3, 0.4) is 0 Å². The highest BCUT2D eigenvalue weighted by Crippen LogP contribution is 2.16. The molecule has 3 rings (SSSR count). The summed E-state index contributed by atoms with van der Waals surface area (Å²) in [4.78, 5) is 15.3. The molecule has 2 N–H and O–H groups in total. The zero-order valence-electron chi connectivity index (χ0n) is 15.9. The van der Waals surface area contributed by atoms with E-state index in [0.717, 1.165) is 24.5 Å². The van der Waals surface area contributed by atoms with E-state index in [0.29, 0.717) is 5.56 Å². The van der Waals surface area contributed by atoms with Crippen molar-refractivity contribution in [3.63, 3.8) is 0 Å². The largest absolute Gasteiger partial charge is 0.497 e. The van der Waals surface area contributed by atoms with Crippen molar-refractivity contribution in [1.29, 1.82) is 0 Å². The molecular formula is C22H25N2O2S+. The average Bonchev–Trinajstić information content (AvgIpc) is 3.07. The summed E-state index contributed by atoms with van der Waals surface area (Å²) in [5.41, 5.74) is 3.99. The van der Waals surface area contributed by atoms with Crippen molar-refractivity contribution in [2.24, 2.45) is 0 Å². The number of hydrogen-bond acceptors (Lipinski definition) is 3. The summed E-state index contributed by atoms with van der Waals surface area (Å²) in [6.45, 7) is 4.11. The van der Waals surface area contributed by atoms with Gasteiger partial charge in [0.05, 0.1) is 19.0 Å². The lowest BCUT2D eigenvalue weighted by atomic mass is 10.1. The molecule has 0 saturated heterocycles. The van der Waals surface area contributed by atoms with Gasteiger partial charge in [0.1, 0.15) is 18.8 Å². The van der Waals surface area contributed by atoms with Crippen LogP contribution in [0.1, 0.15) is 26.4 Å². The molecule has 140 valence electrons. The predicted molar refractivity (Wildman–Crippen MR) is 111 cm³/mol. The number of methoxy groups -OCH3 is 1. The molecule has 5 heteroatoms. The molecule has 2 aromatic carbocycles. The summed E-state index contributed by atoms with van der Waals surface area (Å²) < 4.78 is 5.13. The summed E-state index contributed by atoms with van der Waals surface area (Å²) in [5, 5.41) is 5.05. The van der Waals surface area contributed by atoms with E-state index in [-0.39, 0.29) is 5.91 Å². The lowest BCUT2D eigenvalue weighted by molar-refractivity contribution is -0.907. The monoisotopic (exact) mass is 381 g/mol. The van der Waals surface area contributed by atoms with E-state index in [1.807, 2.05) is 59.9 Å². The number of ether oxygens (including phenoxy) is 1. The molecule has 27 heavy (non-hydrogen) atoms. The maximum absolute atomic E-state index is 12.4. The molecule has 0 spiro atoms. The Balaban J connectivity index is 1.57. The van der Waals surface area contributed by atoms with Crippen molar-refractivity contribution in [2.75, 3.05) is 19.5 Å². The van der Waals surface area contributed by atoms with Crippen molar-refractivity contribution in [3.05, 3.63) is 81.5 Å². The van der Waals surface area contributed by atoms with Crippen LogP contribution in [0.5, 0.6) is 5.75 Å². The van der Waals surface area contributed by atoms with Gasteiger partial charge in [0.25, 0.3) is 5.91 Å². The number of hydrogen-bond donors (Lipinski definition) is 2. The van der Waals surface area contributed by atoms with E-state index in [9.17, 15) is 4.79 Å². The molecule has 1 amide bonds. The van der Waals surface area contributed by atoms with Gasteiger partial charge in [0.2, 0.25) is 0 Å². The first kappa shape index (κ1) is 19.1. The zero-order valence-corrected chi connectivity index (χ0v) is 16.7. The molecule has 3 aromatic rings. The molecule has 0 fully saturated rings. The maximum atomic E-state index is 12.4. The summed E-state index contributed by atoms with van der Waals surface area (Å²) in [7, 11) is 3.82. The molecule has 0 saturated carbocycles. The fourth-order valence-electron chi connectivity index (χ4n) is 2.92. The Bertz CT molecular complexity index is 885. The molecule has 4 nitrogen and oxygen atoms in total. The molecule has 0 radical (unpaired) electrons. The van der Waals surface area contributed by atoms with E-state index in [4.69, 9.17) is 4.74 Å². The number of thiophene rings is 1. The van der Waals surface area contributed by atoms with Crippen LogP contribution in [-0.2, 0) is 13.1 Å². The molecule has 1 aromatic heterocycles. The SMILES string of the molecule is COc1ccc(NC(=O)c2ccc(C[NH+](C)Cc3sccc3C)cc2)cc1. The fraction of sp³-hybridized carbons (Fsp3) is 0.227. The van der Waals surface area contributed by atoms with Crippen LogP contribution < -0.4 is 15.0 Å². The van der Waals surface area contributed by atoms with Crippen LogP contribution in [0.4, 0.5) is 5.69 Å². The molecular weight excluding hydrogens is 356 g/mol. The van der Waals surface area contributed by atoms with Crippen molar-refractivity contribution in [2.45, 2.75) is 20.0 Å². The number of benzene rings is 2. The van der Waals surface area contributed by atoms with Gasteiger partial charge < -0.3 is 15.0 Å². The van der Waals surface area contributed by atoms with Gasteiger partial charge in [0.15, 0.2) is 0 Å². The second-order valence-electron chi connectivity index (χ2n) is 6.72. The Kier molecular flexibility index (Phi) is 6.27. The van der Waals surface area contributed by atoms with Crippen LogP contribution in [0.15, 0.2) is 60.0 Å². The lowest BCUT2D eigenvalue weighted by Gasteiger charge is -2.14. The third-order valence-electron chi connectivity index (χ3n) is 4.50. The molecule has 1 atom stereocenters. The number of carbonyl (C=O) groups excluding carboxylic acids is 1. The Morgan fingerprint density at radius 3 is 2.33 bits per heavy atom. The van der Waals surface area contributed by atoms with Gasteiger partial charge in [-0.05, 0) is 60.3 Å². The predicted octanol–water partition coefficient (Wildman–Crippen LogP) is 3.53. The van der Waals surface area contributed by atoms with Crippen molar-refractivity contribution >= 4 is 22.9 Å². The van der Waals surface area contributed by atoms with Gasteiger partial charge in [-0.1, -0.05) is 12.1 Å². The van der Waals surface area contributed by atoms with Crippen LogP contribution in [0.2, 0.25) is 0 Å². The average molecular weight is 382 g/mol. The van der Waals surface area contributed by atoms with Gasteiger partial charge in [-0.2, -0.15) is 0 Å². The van der Waals surface area contributed by atoms with Crippen LogP contribution in [0, 0.1) is 6.92 Å². The van der Waals surface area contributed by atoms with Crippen LogP contribution >= 0.6 is 11.3 Å². The smallest absolute Gasteiger partial charge is 0.255 e. The highest BCUT2D eigenvalue weighted by Gasteiger charge is 2.10. The van der Waals surface area contributed by atoms with Crippen LogP contribution in [-0.4, -0.2) is 20.1 Å². The number of rotatable bonds is 7. The van der Waals surface area contributed by atoms with E-state index in [1.54, 1.807) is 7.11 Å². The quantitative estimate of drug-likeness (QED) is 0.657. The minimum Gasteiger partial charge on any atom is -0.497 e. The van der Waals surface area contributed by atoms with E-state index in [1.165, 1.54) is 20.9 Å². The molecule has 0 aliphatic carbocycles. The number of aryl methyl sites for hydroxylation is 1. The van der Waals surface area contributed by atoms with E-state index in [2.05, 4.69) is 30.7 Å². The van der Waals surface area contributed by atoms with E-state index >= 15 is 0 Å². The third-order valence-corrected chi connectivity index (χ3v) is 5.52. The topological polar surface area (TPSA) is 42.8 Å². The molecule has 0 aliphatic heterocycles. The van der Waals surface area contributed by atoms with Crippen molar-refractivity contribution in [3.8, 4) is 5.75 Å². The van der Waals surface area contributed by atoms with Gasteiger partial charge in [-0.15, -0.1) is 11.3 Å². The minimum atomic E-state index is -0.110. The van der Waals surface area contributed by atoms with Crippen LogP contribution in [0.25, 0.3) is 0 Å². The zero-order chi connectivity index (χ0) is 19.2. The van der Waals surface area contributed by atoms with E-state index < -0.39 is 0 Å². The normalized spacial score (nSPS) is 11.8. The Labute approximate surface area is 164 Å². The Morgan fingerprint density at radius 1 is 1.04 bits per heavy atom. The Morgan fingerprint density at radius 2 is 1.74 bits per heavy atom. The number of quaternary nitrogens is 1. The van der Waals surface area contributed by atoms with Gasteiger partial charge in [-0.3, -0.25) is 4.79 Å². The molecule has 0 aliphatic rings. The standard InChI is InChI=1S/C22H24N2O2S/c1-16-12-13-27-21(16)15-24(2)14-17-4-6-18(7-5-17)22(25)23-19-8-10-20(26-3)11-9-19/h4-13H,14-15H2,1-3H3,(H,23,25)/p+1. The highest BCUT2D eigenvalue weighted by atomic mass is 32.1. The second kappa shape index (κ2) is 8.84. The van der Waals surface area contributed by atoms with Gasteiger partial charge in [0, 0.05) is 16.8 Å². The molecule has 1 heterocycles. The Hall–Kier alpha value is -2.63. The summed E-state index contributed by atoms with van der Waals surface area (Å²) in [6, 6.07) is 17.3. The summed E-state index contributed by atoms with van der Waals surface area (Å²) in [6.07, 6.45) is 0. The second-order valence-corrected chi connectivity index (χ2v) is 7.72. The highest BCUT2D eigenvalue weighted by molar-refractivity contribution is 7.10. The number of nitrogens with one attached hydrogen (secondary N) is 2. The lowest BCUT2D eigenvalue weighted by Crippen LogP contribution is -3.06. The third kappa shape index (κ3) is 5.18. The maximum Gasteiger partial charge on any atom is 0.255 e. The fourth-order valence-corrected chi connectivity index (χ4v) is 3.94. The first-order chi connectivity index (χ1) is 13.0. The minimum absolute atomic E-state index is 0.110. The van der Waals surface area contributed by atoms with Gasteiger partial charge in [-0.25, -0.2) is 0 Å². The summed E-state index contributed by atoms with van der Waals surface area (Å²) >= 11 is 1.82. The van der Waals surface area contributed by atoms with Gasteiger partial charge >= 0.3 is 0 Å². The molecule has 1 unspecified atom stereocenters. The van der Waals surface area contributed by atoms with Crippen molar-refractivity contribution < 1.29 is 14.4 Å². The number of amides is 1. The number of carbonyl (C=O) groups is 1. The first-order valence-electron chi connectivity index (χ1n) is 8.94. The molecule has 0 bridgehead atoms.